The van der Waals surface area contributed by atoms with E-state index in [0.29, 0.717) is 5.84 Å². The third kappa shape index (κ3) is 1.49. The Bertz CT molecular complexity index is 571. The Morgan fingerprint density at radius 2 is 2.12 bits per heavy atom. The average molecular weight is 224 g/mol. The molecule has 4 heteroatoms. The molecule has 3 heterocycles. The summed E-state index contributed by atoms with van der Waals surface area (Å²) in [7, 11) is 0. The van der Waals surface area contributed by atoms with E-state index in [-0.39, 0.29) is 0 Å². The normalized spacial score (nSPS) is 33.7. The molecule has 3 aliphatic heterocycles. The van der Waals surface area contributed by atoms with E-state index in [4.69, 9.17) is 5.73 Å². The Morgan fingerprint density at radius 1 is 1.24 bits per heavy atom. The first-order valence-electron chi connectivity index (χ1n) is 5.44. The maximum absolute atomic E-state index is 5.70. The van der Waals surface area contributed by atoms with Crippen LogP contribution in [0.4, 0.5) is 0 Å². The fourth-order valence-electron chi connectivity index (χ4n) is 2.13. The SMILES string of the molecule is CC1(C2=NC=CC2=C2C=CC=N2)C=CC(N)=N1. The lowest BCUT2D eigenvalue weighted by Gasteiger charge is -2.20. The zero-order chi connectivity index (χ0) is 11.9. The average Bonchev–Trinajstić information content (AvgIpc) is 2.97. The topological polar surface area (TPSA) is 63.1 Å². The summed E-state index contributed by atoms with van der Waals surface area (Å²) in [6.45, 7) is 2.00. The smallest absolute Gasteiger partial charge is 0.121 e. The van der Waals surface area contributed by atoms with Gasteiger partial charge in [-0.25, -0.2) is 0 Å². The van der Waals surface area contributed by atoms with Gasteiger partial charge in [-0.15, -0.1) is 0 Å². The zero-order valence-electron chi connectivity index (χ0n) is 9.46. The van der Waals surface area contributed by atoms with Crippen LogP contribution in [0.1, 0.15) is 6.92 Å². The van der Waals surface area contributed by atoms with Crippen LogP contribution in [0.15, 0.2) is 62.8 Å². The molecule has 0 saturated heterocycles. The molecule has 0 spiro atoms. The summed E-state index contributed by atoms with van der Waals surface area (Å²) >= 11 is 0. The van der Waals surface area contributed by atoms with Crippen molar-refractivity contribution in [1.82, 2.24) is 0 Å². The van der Waals surface area contributed by atoms with Crippen molar-refractivity contribution in [3.05, 3.63) is 47.9 Å². The molecule has 1 unspecified atom stereocenters. The molecule has 84 valence electrons. The predicted octanol–water partition coefficient (Wildman–Crippen LogP) is 1.54. The number of nitrogens with zero attached hydrogens (tertiary/aromatic N) is 3. The van der Waals surface area contributed by atoms with Gasteiger partial charge in [-0.2, -0.15) is 0 Å². The Morgan fingerprint density at radius 3 is 2.76 bits per heavy atom. The first-order chi connectivity index (χ1) is 8.19. The number of hydrogen-bond donors (Lipinski definition) is 1. The number of allylic oxidation sites excluding steroid dienone is 3. The van der Waals surface area contributed by atoms with Gasteiger partial charge in [0.15, 0.2) is 0 Å². The lowest BCUT2D eigenvalue weighted by atomic mass is 9.91. The van der Waals surface area contributed by atoms with Gasteiger partial charge in [0.25, 0.3) is 0 Å². The van der Waals surface area contributed by atoms with E-state index in [1.807, 2.05) is 37.3 Å². The second-order valence-electron chi connectivity index (χ2n) is 4.25. The van der Waals surface area contributed by atoms with Crippen LogP contribution in [0.2, 0.25) is 0 Å². The van der Waals surface area contributed by atoms with Crippen molar-refractivity contribution in [2.24, 2.45) is 20.7 Å². The molecule has 0 saturated carbocycles. The van der Waals surface area contributed by atoms with Crippen molar-refractivity contribution >= 4 is 17.8 Å². The summed E-state index contributed by atoms with van der Waals surface area (Å²) in [6.07, 6.45) is 13.2. The quantitative estimate of drug-likeness (QED) is 0.721. The van der Waals surface area contributed by atoms with Crippen LogP contribution in [0, 0.1) is 0 Å². The van der Waals surface area contributed by atoms with Crippen molar-refractivity contribution in [2.45, 2.75) is 12.5 Å². The van der Waals surface area contributed by atoms with Crippen LogP contribution in [0.25, 0.3) is 0 Å². The largest absolute Gasteiger partial charge is 0.384 e. The maximum atomic E-state index is 5.70. The third-order valence-electron chi connectivity index (χ3n) is 2.95. The van der Waals surface area contributed by atoms with E-state index in [2.05, 4.69) is 15.0 Å². The van der Waals surface area contributed by atoms with Gasteiger partial charge in [0.05, 0.1) is 11.4 Å². The summed E-state index contributed by atoms with van der Waals surface area (Å²) in [6, 6.07) is 0. The highest BCUT2D eigenvalue weighted by Crippen LogP contribution is 2.30. The van der Waals surface area contributed by atoms with Crippen LogP contribution in [0.3, 0.4) is 0 Å². The molecule has 0 fully saturated rings. The Kier molecular flexibility index (Phi) is 1.98. The van der Waals surface area contributed by atoms with E-state index in [1.165, 1.54) is 0 Å². The predicted molar refractivity (Wildman–Crippen MR) is 70.4 cm³/mol. The van der Waals surface area contributed by atoms with Gasteiger partial charge in [-0.05, 0) is 37.3 Å². The number of aliphatic imine (C=N–C) groups is 3. The van der Waals surface area contributed by atoms with Crippen LogP contribution in [-0.2, 0) is 0 Å². The molecule has 3 aliphatic rings. The molecular formula is C13H12N4. The second-order valence-corrected chi connectivity index (χ2v) is 4.25. The van der Waals surface area contributed by atoms with Gasteiger partial charge in [-0.1, -0.05) is 0 Å². The molecule has 0 aromatic rings. The minimum absolute atomic E-state index is 0.470. The third-order valence-corrected chi connectivity index (χ3v) is 2.95. The highest BCUT2D eigenvalue weighted by Gasteiger charge is 2.34. The molecule has 3 rings (SSSR count). The van der Waals surface area contributed by atoms with E-state index in [9.17, 15) is 0 Å². The summed E-state index contributed by atoms with van der Waals surface area (Å²) in [5.74, 6) is 0.539. The van der Waals surface area contributed by atoms with E-state index in [1.54, 1.807) is 12.4 Å². The first kappa shape index (κ1) is 9.96. The van der Waals surface area contributed by atoms with Crippen LogP contribution >= 0.6 is 0 Å². The van der Waals surface area contributed by atoms with Crippen LogP contribution in [-0.4, -0.2) is 23.3 Å². The van der Waals surface area contributed by atoms with Gasteiger partial charge in [0, 0.05) is 18.0 Å². The molecular weight excluding hydrogens is 212 g/mol. The van der Waals surface area contributed by atoms with E-state index < -0.39 is 5.54 Å². The van der Waals surface area contributed by atoms with Gasteiger partial charge >= 0.3 is 0 Å². The molecule has 0 aromatic heterocycles. The second kappa shape index (κ2) is 3.38. The Balaban J connectivity index is 2.07. The van der Waals surface area contributed by atoms with Crippen LogP contribution in [0.5, 0.6) is 0 Å². The van der Waals surface area contributed by atoms with Crippen molar-refractivity contribution in [1.29, 1.82) is 0 Å². The number of hydrogen-bond acceptors (Lipinski definition) is 4. The summed E-state index contributed by atoms with van der Waals surface area (Å²) in [5.41, 5.74) is 8.07. The molecule has 2 N–H and O–H groups in total. The molecule has 0 radical (unpaired) electrons. The standard InChI is InChI=1S/C13H12N4/c1-13(6-4-11(14)17-13)12-9(5-8-16-12)10-3-2-7-15-10/h2-8H,1H3,(H2,14,17). The summed E-state index contributed by atoms with van der Waals surface area (Å²) in [4.78, 5) is 13.1. The molecule has 0 aliphatic carbocycles. The first-order valence-corrected chi connectivity index (χ1v) is 5.44. The summed E-state index contributed by atoms with van der Waals surface area (Å²) in [5, 5.41) is 0. The van der Waals surface area contributed by atoms with Gasteiger partial charge in [0.2, 0.25) is 0 Å². The zero-order valence-corrected chi connectivity index (χ0v) is 9.46. The van der Waals surface area contributed by atoms with Crippen LogP contribution < -0.4 is 5.73 Å². The molecule has 0 bridgehead atoms. The fraction of sp³-hybridized carbons (Fsp3) is 0.154. The molecule has 0 amide bonds. The monoisotopic (exact) mass is 224 g/mol. The molecule has 0 aromatic carbocycles. The van der Waals surface area contributed by atoms with Gasteiger partial charge in [0.1, 0.15) is 11.4 Å². The van der Waals surface area contributed by atoms with E-state index in [0.717, 1.165) is 17.0 Å². The van der Waals surface area contributed by atoms with Gasteiger partial charge in [-0.3, -0.25) is 15.0 Å². The van der Waals surface area contributed by atoms with Crippen molar-refractivity contribution in [2.75, 3.05) is 0 Å². The number of nitrogens with two attached hydrogens (primary N) is 1. The maximum Gasteiger partial charge on any atom is 0.121 e. The van der Waals surface area contributed by atoms with Gasteiger partial charge < -0.3 is 5.73 Å². The Hall–Kier alpha value is -2.23. The molecule has 17 heavy (non-hydrogen) atoms. The number of amidine groups is 1. The van der Waals surface area contributed by atoms with Crippen molar-refractivity contribution < 1.29 is 0 Å². The highest BCUT2D eigenvalue weighted by molar-refractivity contribution is 6.16. The highest BCUT2D eigenvalue weighted by atomic mass is 15.0. The van der Waals surface area contributed by atoms with E-state index >= 15 is 0 Å². The molecule has 4 nitrogen and oxygen atoms in total. The fourth-order valence-corrected chi connectivity index (χ4v) is 2.13. The minimum Gasteiger partial charge on any atom is -0.384 e. The number of rotatable bonds is 1. The van der Waals surface area contributed by atoms with Crippen molar-refractivity contribution in [3.8, 4) is 0 Å². The lowest BCUT2D eigenvalue weighted by molar-refractivity contribution is 0.800. The molecule has 1 atom stereocenters. The summed E-state index contributed by atoms with van der Waals surface area (Å²) < 4.78 is 0. The Labute approximate surface area is 99.4 Å². The lowest BCUT2D eigenvalue weighted by Crippen LogP contribution is -2.30. The minimum atomic E-state index is -0.470. The van der Waals surface area contributed by atoms with Crippen molar-refractivity contribution in [3.63, 3.8) is 0 Å².